The van der Waals surface area contributed by atoms with Gasteiger partial charge in [-0.05, 0) is 39.3 Å². The number of aryl methyl sites for hydroxylation is 3. The summed E-state index contributed by atoms with van der Waals surface area (Å²) in [5.74, 6) is 0. The summed E-state index contributed by atoms with van der Waals surface area (Å²) in [5.41, 5.74) is 5.47. The zero-order valence-electron chi connectivity index (χ0n) is 11.9. The molecule has 0 amide bonds. The summed E-state index contributed by atoms with van der Waals surface area (Å²) in [5, 5.41) is 14.3. The van der Waals surface area contributed by atoms with Crippen molar-refractivity contribution in [1.82, 2.24) is 4.98 Å². The smallest absolute Gasteiger partial charge is 0.272 e. The number of nitro benzene ring substituents is 1. The van der Waals surface area contributed by atoms with Gasteiger partial charge in [0.2, 0.25) is 0 Å². The van der Waals surface area contributed by atoms with Gasteiger partial charge in [-0.1, -0.05) is 0 Å². The molecule has 0 saturated heterocycles. The molecule has 1 aromatic carbocycles. The highest BCUT2D eigenvalue weighted by Crippen LogP contribution is 2.30. The molecular formula is C14H17N3O2S. The fourth-order valence-electron chi connectivity index (χ4n) is 2.18. The third kappa shape index (κ3) is 2.80. The monoisotopic (exact) mass is 291 g/mol. The summed E-state index contributed by atoms with van der Waals surface area (Å²) < 4.78 is 0. The quantitative estimate of drug-likeness (QED) is 0.678. The Labute approximate surface area is 121 Å². The van der Waals surface area contributed by atoms with Crippen LogP contribution in [-0.2, 0) is 0 Å². The van der Waals surface area contributed by atoms with Crippen LogP contribution in [0.4, 0.5) is 11.4 Å². The zero-order valence-corrected chi connectivity index (χ0v) is 12.7. The predicted octanol–water partition coefficient (Wildman–Crippen LogP) is 4.15. The molecule has 1 aromatic heterocycles. The summed E-state index contributed by atoms with van der Waals surface area (Å²) in [6, 6.07) is 3.58. The largest absolute Gasteiger partial charge is 0.377 e. The summed E-state index contributed by atoms with van der Waals surface area (Å²) in [4.78, 5) is 16.0. The third-order valence-corrected chi connectivity index (χ3v) is 4.40. The lowest BCUT2D eigenvalue weighted by atomic mass is 10.1. The van der Waals surface area contributed by atoms with Crippen molar-refractivity contribution in [2.75, 3.05) is 5.32 Å². The van der Waals surface area contributed by atoms with Gasteiger partial charge >= 0.3 is 0 Å². The van der Waals surface area contributed by atoms with Gasteiger partial charge < -0.3 is 5.32 Å². The van der Waals surface area contributed by atoms with E-state index in [-0.39, 0.29) is 16.7 Å². The lowest BCUT2D eigenvalue weighted by Gasteiger charge is -2.17. The molecule has 0 aliphatic rings. The maximum Gasteiger partial charge on any atom is 0.272 e. The Kier molecular flexibility index (Phi) is 4.04. The van der Waals surface area contributed by atoms with Gasteiger partial charge in [-0.3, -0.25) is 10.1 Å². The van der Waals surface area contributed by atoms with Crippen LogP contribution in [0.25, 0.3) is 0 Å². The molecule has 0 aliphatic carbocycles. The highest BCUT2D eigenvalue weighted by Gasteiger charge is 2.16. The number of anilines is 1. The average molecular weight is 291 g/mol. The van der Waals surface area contributed by atoms with Crippen molar-refractivity contribution in [3.05, 3.63) is 49.5 Å². The van der Waals surface area contributed by atoms with Gasteiger partial charge in [-0.15, -0.1) is 11.3 Å². The van der Waals surface area contributed by atoms with E-state index >= 15 is 0 Å². The number of nitrogens with zero attached hydrogens (tertiary/aromatic N) is 2. The molecule has 1 unspecified atom stereocenters. The van der Waals surface area contributed by atoms with E-state index < -0.39 is 0 Å². The summed E-state index contributed by atoms with van der Waals surface area (Å²) in [6.45, 7) is 7.68. The van der Waals surface area contributed by atoms with Crippen LogP contribution in [0.5, 0.6) is 0 Å². The number of hydrogen-bond acceptors (Lipinski definition) is 5. The summed E-state index contributed by atoms with van der Waals surface area (Å²) in [6.07, 6.45) is 0. The lowest BCUT2D eigenvalue weighted by molar-refractivity contribution is -0.385. The van der Waals surface area contributed by atoms with E-state index in [9.17, 15) is 10.1 Å². The van der Waals surface area contributed by atoms with Crippen molar-refractivity contribution in [3.63, 3.8) is 0 Å². The van der Waals surface area contributed by atoms with Crippen LogP contribution in [0.1, 0.15) is 34.7 Å². The van der Waals surface area contributed by atoms with Gasteiger partial charge in [0.1, 0.15) is 0 Å². The van der Waals surface area contributed by atoms with Gasteiger partial charge in [-0.2, -0.15) is 0 Å². The minimum Gasteiger partial charge on any atom is -0.377 e. The SMILES string of the molecule is Cc1cc([N+](=O)[O-])c(C)cc1NC(C)c1scnc1C. The maximum absolute atomic E-state index is 10.9. The molecule has 106 valence electrons. The minimum atomic E-state index is -0.344. The first-order chi connectivity index (χ1) is 9.40. The van der Waals surface area contributed by atoms with Crippen LogP contribution in [-0.4, -0.2) is 9.91 Å². The van der Waals surface area contributed by atoms with E-state index in [1.165, 1.54) is 4.88 Å². The zero-order chi connectivity index (χ0) is 14.9. The van der Waals surface area contributed by atoms with Crippen molar-refractivity contribution < 1.29 is 4.92 Å². The molecule has 1 heterocycles. The first-order valence-corrected chi connectivity index (χ1v) is 7.20. The van der Waals surface area contributed by atoms with Crippen LogP contribution in [0, 0.1) is 30.9 Å². The molecule has 20 heavy (non-hydrogen) atoms. The molecule has 2 aromatic rings. The number of thiazole rings is 1. The fourth-order valence-corrected chi connectivity index (χ4v) is 2.99. The Morgan fingerprint density at radius 2 is 2.00 bits per heavy atom. The van der Waals surface area contributed by atoms with E-state index in [2.05, 4.69) is 17.2 Å². The molecular weight excluding hydrogens is 274 g/mol. The Morgan fingerprint density at radius 3 is 2.55 bits per heavy atom. The number of nitro groups is 1. The van der Waals surface area contributed by atoms with Crippen molar-refractivity contribution >= 4 is 22.7 Å². The molecule has 0 saturated carbocycles. The van der Waals surface area contributed by atoms with Crippen molar-refractivity contribution in [3.8, 4) is 0 Å². The second-order valence-electron chi connectivity index (χ2n) is 4.88. The number of rotatable bonds is 4. The molecule has 1 atom stereocenters. The Morgan fingerprint density at radius 1 is 1.30 bits per heavy atom. The second kappa shape index (κ2) is 5.58. The first kappa shape index (κ1) is 14.5. The van der Waals surface area contributed by atoms with E-state index in [4.69, 9.17) is 0 Å². The number of hydrogen-bond donors (Lipinski definition) is 1. The first-order valence-electron chi connectivity index (χ1n) is 6.32. The van der Waals surface area contributed by atoms with Crippen molar-refractivity contribution in [1.29, 1.82) is 0 Å². The normalized spacial score (nSPS) is 12.2. The maximum atomic E-state index is 10.9. The Balaban J connectivity index is 2.28. The molecule has 0 radical (unpaired) electrons. The topological polar surface area (TPSA) is 68.1 Å². The van der Waals surface area contributed by atoms with E-state index in [1.807, 2.05) is 25.4 Å². The molecule has 2 rings (SSSR count). The molecule has 0 spiro atoms. The van der Waals surface area contributed by atoms with Gasteiger partial charge in [0, 0.05) is 22.2 Å². The van der Waals surface area contributed by atoms with E-state index in [1.54, 1.807) is 24.3 Å². The Bertz CT molecular complexity index is 652. The molecule has 0 bridgehead atoms. The van der Waals surface area contributed by atoms with Crippen LogP contribution in [0.2, 0.25) is 0 Å². The second-order valence-corrected chi connectivity index (χ2v) is 5.77. The van der Waals surface area contributed by atoms with Crippen molar-refractivity contribution in [2.24, 2.45) is 0 Å². The molecule has 0 aliphatic heterocycles. The van der Waals surface area contributed by atoms with Crippen LogP contribution < -0.4 is 5.32 Å². The van der Waals surface area contributed by atoms with Crippen molar-refractivity contribution in [2.45, 2.75) is 33.7 Å². The minimum absolute atomic E-state index is 0.127. The summed E-state index contributed by atoms with van der Waals surface area (Å²) >= 11 is 1.61. The highest BCUT2D eigenvalue weighted by molar-refractivity contribution is 7.09. The molecule has 0 fully saturated rings. The van der Waals surface area contributed by atoms with Gasteiger partial charge in [0.25, 0.3) is 5.69 Å². The molecule has 1 N–H and O–H groups in total. The van der Waals surface area contributed by atoms with Gasteiger partial charge in [0.05, 0.1) is 22.2 Å². The highest BCUT2D eigenvalue weighted by atomic mass is 32.1. The predicted molar refractivity (Wildman–Crippen MR) is 81.5 cm³/mol. The standard InChI is InChI=1S/C14H17N3O2S/c1-8-6-13(17(18)19)9(2)5-12(8)16-11(4)14-10(3)15-7-20-14/h5-7,11,16H,1-4H3. The third-order valence-electron chi connectivity index (χ3n) is 3.29. The molecule has 5 nitrogen and oxygen atoms in total. The number of aromatic nitrogens is 1. The van der Waals surface area contributed by atoms with Crippen LogP contribution in [0.15, 0.2) is 17.6 Å². The number of nitrogens with one attached hydrogen (secondary N) is 1. The van der Waals surface area contributed by atoms with E-state index in [0.29, 0.717) is 5.56 Å². The van der Waals surface area contributed by atoms with Crippen LogP contribution >= 0.6 is 11.3 Å². The average Bonchev–Trinajstić information content (AvgIpc) is 2.79. The Hall–Kier alpha value is -1.95. The van der Waals surface area contributed by atoms with Gasteiger partial charge in [0.15, 0.2) is 0 Å². The van der Waals surface area contributed by atoms with E-state index in [0.717, 1.165) is 16.9 Å². The molecule has 6 heteroatoms. The van der Waals surface area contributed by atoms with Crippen LogP contribution in [0.3, 0.4) is 0 Å². The lowest BCUT2D eigenvalue weighted by Crippen LogP contribution is -2.08. The summed E-state index contributed by atoms with van der Waals surface area (Å²) in [7, 11) is 0. The van der Waals surface area contributed by atoms with Gasteiger partial charge in [-0.25, -0.2) is 4.98 Å². The number of benzene rings is 1. The fraction of sp³-hybridized carbons (Fsp3) is 0.357.